The Morgan fingerprint density at radius 2 is 2.00 bits per heavy atom. The van der Waals surface area contributed by atoms with Crippen LogP contribution in [0.3, 0.4) is 0 Å². The van der Waals surface area contributed by atoms with Gasteiger partial charge >= 0.3 is 0 Å². The molecule has 3 N–H and O–H groups in total. The van der Waals surface area contributed by atoms with Crippen LogP contribution in [0, 0.1) is 0 Å². The Hall–Kier alpha value is -3.35. The number of piperazine rings is 1. The van der Waals surface area contributed by atoms with Gasteiger partial charge in [-0.05, 0) is 17.7 Å². The van der Waals surface area contributed by atoms with Crippen LogP contribution in [0.1, 0.15) is 28.4 Å². The SMILES string of the molecule is COCc1c(C(O)C=O)cc2n(c1=O)Cc1c-2nc2cc3c(cc2c1CNCCN1CCNCC1)OCO3. The maximum Gasteiger partial charge on any atom is 0.257 e. The number of carbonyl (C=O) groups excluding carboxylic acids is 1. The summed E-state index contributed by atoms with van der Waals surface area (Å²) < 4.78 is 18.1. The highest BCUT2D eigenvalue weighted by Crippen LogP contribution is 2.41. The molecule has 0 spiro atoms. The number of hydrogen-bond donors (Lipinski definition) is 3. The molecule has 38 heavy (non-hydrogen) atoms. The third kappa shape index (κ3) is 4.36. The number of aldehydes is 1. The van der Waals surface area contributed by atoms with E-state index in [1.54, 1.807) is 10.6 Å². The summed E-state index contributed by atoms with van der Waals surface area (Å²) in [5.74, 6) is 1.30. The molecule has 0 amide bonds. The average molecular weight is 522 g/mol. The molecule has 5 heterocycles. The first-order chi connectivity index (χ1) is 18.6. The number of nitrogens with one attached hydrogen (secondary N) is 2. The maximum atomic E-state index is 13.5. The molecule has 200 valence electrons. The summed E-state index contributed by atoms with van der Waals surface area (Å²) in [6.45, 7) is 6.95. The van der Waals surface area contributed by atoms with Crippen molar-refractivity contribution in [1.82, 2.24) is 25.1 Å². The molecule has 11 nitrogen and oxygen atoms in total. The third-order valence-electron chi connectivity index (χ3n) is 7.54. The van der Waals surface area contributed by atoms with Crippen LogP contribution in [0.15, 0.2) is 23.0 Å². The van der Waals surface area contributed by atoms with Crippen LogP contribution in [-0.4, -0.2) is 79.0 Å². The van der Waals surface area contributed by atoms with Gasteiger partial charge in [-0.3, -0.25) is 9.69 Å². The van der Waals surface area contributed by atoms with E-state index in [0.717, 1.165) is 61.3 Å². The number of aliphatic hydroxyl groups excluding tert-OH is 1. The van der Waals surface area contributed by atoms with E-state index in [1.807, 2.05) is 12.1 Å². The van der Waals surface area contributed by atoms with Gasteiger partial charge in [0.1, 0.15) is 6.10 Å². The van der Waals surface area contributed by atoms with E-state index in [0.29, 0.717) is 42.3 Å². The van der Waals surface area contributed by atoms with Gasteiger partial charge in [0.05, 0.1) is 30.1 Å². The zero-order valence-electron chi connectivity index (χ0n) is 21.3. The first kappa shape index (κ1) is 25.0. The lowest BCUT2D eigenvalue weighted by atomic mass is 9.99. The quantitative estimate of drug-likeness (QED) is 0.212. The van der Waals surface area contributed by atoms with Gasteiger partial charge in [-0.25, -0.2) is 4.98 Å². The van der Waals surface area contributed by atoms with Gasteiger partial charge in [0.25, 0.3) is 5.56 Å². The number of benzene rings is 1. The largest absolute Gasteiger partial charge is 0.454 e. The number of aliphatic hydroxyl groups is 1. The minimum Gasteiger partial charge on any atom is -0.454 e. The van der Waals surface area contributed by atoms with Gasteiger partial charge in [0.2, 0.25) is 6.79 Å². The Morgan fingerprint density at radius 1 is 1.21 bits per heavy atom. The molecule has 1 aromatic carbocycles. The topological polar surface area (TPSA) is 127 Å². The fourth-order valence-corrected chi connectivity index (χ4v) is 5.57. The number of aromatic nitrogens is 2. The molecule has 1 fully saturated rings. The van der Waals surface area contributed by atoms with Gasteiger partial charge in [-0.15, -0.1) is 0 Å². The monoisotopic (exact) mass is 521 g/mol. The van der Waals surface area contributed by atoms with Crippen molar-refractivity contribution in [2.24, 2.45) is 0 Å². The second-order valence-electron chi connectivity index (χ2n) is 9.78. The van der Waals surface area contributed by atoms with E-state index < -0.39 is 6.10 Å². The first-order valence-corrected chi connectivity index (χ1v) is 12.9. The summed E-state index contributed by atoms with van der Waals surface area (Å²) in [5.41, 5.74) is 4.15. The van der Waals surface area contributed by atoms with Gasteiger partial charge in [-0.1, -0.05) is 0 Å². The lowest BCUT2D eigenvalue weighted by Gasteiger charge is -2.27. The highest BCUT2D eigenvalue weighted by Gasteiger charge is 2.30. The Labute approximate surface area is 219 Å². The van der Waals surface area contributed by atoms with Crippen molar-refractivity contribution >= 4 is 17.2 Å². The molecule has 0 bridgehead atoms. The molecule has 11 heteroatoms. The van der Waals surface area contributed by atoms with Crippen LogP contribution in [0.4, 0.5) is 0 Å². The summed E-state index contributed by atoms with van der Waals surface area (Å²) in [4.78, 5) is 32.4. The van der Waals surface area contributed by atoms with Crippen molar-refractivity contribution in [2.45, 2.75) is 25.8 Å². The number of ether oxygens (including phenoxy) is 3. The van der Waals surface area contributed by atoms with Crippen molar-refractivity contribution in [1.29, 1.82) is 0 Å². The van der Waals surface area contributed by atoms with Crippen LogP contribution >= 0.6 is 0 Å². The van der Waals surface area contributed by atoms with Gasteiger partial charge in [0.15, 0.2) is 17.8 Å². The highest BCUT2D eigenvalue weighted by molar-refractivity contribution is 5.90. The number of rotatable bonds is 9. The third-order valence-corrected chi connectivity index (χ3v) is 7.54. The summed E-state index contributed by atoms with van der Waals surface area (Å²) in [6, 6.07) is 5.51. The van der Waals surface area contributed by atoms with Crippen molar-refractivity contribution in [3.63, 3.8) is 0 Å². The van der Waals surface area contributed by atoms with Crippen LogP contribution < -0.4 is 25.7 Å². The van der Waals surface area contributed by atoms with Crippen LogP contribution in [0.2, 0.25) is 0 Å². The van der Waals surface area contributed by atoms with Crippen molar-refractivity contribution in [2.75, 3.05) is 53.2 Å². The Balaban J connectivity index is 1.42. The number of nitrogens with zero attached hydrogens (tertiary/aromatic N) is 3. The zero-order valence-corrected chi connectivity index (χ0v) is 21.3. The second-order valence-corrected chi connectivity index (χ2v) is 9.78. The number of fused-ring (bicyclic) bond motifs is 5. The lowest BCUT2D eigenvalue weighted by molar-refractivity contribution is -0.115. The van der Waals surface area contributed by atoms with E-state index in [9.17, 15) is 14.7 Å². The minimum absolute atomic E-state index is 0.00702. The summed E-state index contributed by atoms with van der Waals surface area (Å²) in [5, 5.41) is 18.3. The molecule has 2 aromatic heterocycles. The van der Waals surface area contributed by atoms with Gasteiger partial charge < -0.3 is 39.3 Å². The van der Waals surface area contributed by atoms with Crippen molar-refractivity contribution in [3.8, 4) is 22.9 Å². The molecule has 3 aliphatic rings. The van der Waals surface area contributed by atoms with E-state index in [-0.39, 0.29) is 30.1 Å². The van der Waals surface area contributed by atoms with Crippen molar-refractivity contribution in [3.05, 3.63) is 50.8 Å². The summed E-state index contributed by atoms with van der Waals surface area (Å²) in [6.07, 6.45) is -1.01. The van der Waals surface area contributed by atoms with Gasteiger partial charge in [-0.2, -0.15) is 0 Å². The molecular formula is C27H31N5O6. The number of hydrogen-bond acceptors (Lipinski definition) is 10. The van der Waals surface area contributed by atoms with Crippen LogP contribution in [0.25, 0.3) is 22.3 Å². The summed E-state index contributed by atoms with van der Waals surface area (Å²) >= 11 is 0. The number of methoxy groups -OCH3 is 1. The molecule has 0 radical (unpaired) electrons. The fourth-order valence-electron chi connectivity index (χ4n) is 5.57. The van der Waals surface area contributed by atoms with E-state index >= 15 is 0 Å². The van der Waals surface area contributed by atoms with E-state index in [4.69, 9.17) is 19.2 Å². The molecule has 1 saturated heterocycles. The molecular weight excluding hydrogens is 490 g/mol. The molecule has 1 atom stereocenters. The van der Waals surface area contributed by atoms with E-state index in [1.165, 1.54) is 7.11 Å². The number of pyridine rings is 2. The smallest absolute Gasteiger partial charge is 0.257 e. The summed E-state index contributed by atoms with van der Waals surface area (Å²) in [7, 11) is 1.48. The number of carbonyl (C=O) groups is 1. The Kier molecular flexibility index (Phi) is 6.85. The second kappa shape index (κ2) is 10.4. The zero-order chi connectivity index (χ0) is 26.2. The predicted octanol–water partition coefficient (Wildman–Crippen LogP) is 0.527. The molecule has 3 aromatic rings. The Bertz CT molecular complexity index is 1450. The lowest BCUT2D eigenvalue weighted by Crippen LogP contribution is -2.45. The van der Waals surface area contributed by atoms with Gasteiger partial charge in [0, 0.05) is 81.1 Å². The average Bonchev–Trinajstić information content (AvgIpc) is 3.55. The molecule has 0 aliphatic carbocycles. The standard InChI is InChI=1S/C27H31N5O6/c1-36-14-20-17(23(34)13-33)8-22-26-19(12-32(22)27(20)35)18(11-29-4-7-31-5-2-28-3-6-31)16-9-24-25(38-15-37-24)10-21(16)30-26/h8-10,13,23,28-29,34H,2-7,11-12,14-15H2,1H3. The first-order valence-electron chi connectivity index (χ1n) is 12.9. The molecule has 3 aliphatic heterocycles. The maximum absolute atomic E-state index is 13.5. The normalized spacial score (nSPS) is 17.0. The Morgan fingerprint density at radius 3 is 2.76 bits per heavy atom. The van der Waals surface area contributed by atoms with Crippen LogP contribution in [-0.2, 0) is 29.2 Å². The molecule has 1 unspecified atom stereocenters. The molecule has 0 saturated carbocycles. The fraction of sp³-hybridized carbons (Fsp3) is 0.444. The van der Waals surface area contributed by atoms with E-state index in [2.05, 4.69) is 15.5 Å². The van der Waals surface area contributed by atoms with Crippen LogP contribution in [0.5, 0.6) is 11.5 Å². The van der Waals surface area contributed by atoms with Crippen molar-refractivity contribution < 1.29 is 24.1 Å². The minimum atomic E-state index is -1.43. The predicted molar refractivity (Wildman–Crippen MR) is 139 cm³/mol. The molecule has 6 rings (SSSR count). The highest BCUT2D eigenvalue weighted by atomic mass is 16.7.